The van der Waals surface area contributed by atoms with Gasteiger partial charge in [-0.1, -0.05) is 97.1 Å². The van der Waals surface area contributed by atoms with Crippen LogP contribution in [-0.4, -0.2) is 4.57 Å². The number of thiophene rings is 2. The monoisotopic (exact) mass is 672 g/mol. The third kappa shape index (κ3) is 4.07. The average molecular weight is 673 g/mol. The smallest absolute Gasteiger partial charge is 0.0782 e. The van der Waals surface area contributed by atoms with Gasteiger partial charge in [0.25, 0.3) is 0 Å². The molecule has 0 N–H and O–H groups in total. The van der Waals surface area contributed by atoms with Crippen molar-refractivity contribution in [3.8, 4) is 5.69 Å². The summed E-state index contributed by atoms with van der Waals surface area (Å²) in [5.74, 6) is 0. The number of rotatable bonds is 4. The molecule has 0 bridgehead atoms. The fourth-order valence-corrected chi connectivity index (χ4v) is 10.2. The Bertz CT molecular complexity index is 3110. The Labute approximate surface area is 296 Å². The fourth-order valence-electron chi connectivity index (χ4n) is 7.97. The van der Waals surface area contributed by atoms with Crippen LogP contribution in [0.3, 0.4) is 0 Å². The first kappa shape index (κ1) is 28.0. The maximum Gasteiger partial charge on any atom is 0.0782 e. The second-order valence-corrected chi connectivity index (χ2v) is 15.1. The fraction of sp³-hybridized carbons (Fsp3) is 0. The lowest BCUT2D eigenvalue weighted by Gasteiger charge is -2.28. The van der Waals surface area contributed by atoms with Crippen LogP contribution in [0.5, 0.6) is 0 Å². The van der Waals surface area contributed by atoms with Crippen molar-refractivity contribution in [3.63, 3.8) is 0 Å². The Morgan fingerprint density at radius 3 is 1.94 bits per heavy atom. The van der Waals surface area contributed by atoms with E-state index in [9.17, 15) is 0 Å². The first-order valence-electron chi connectivity index (χ1n) is 16.9. The highest BCUT2D eigenvalue weighted by molar-refractivity contribution is 7.26. The van der Waals surface area contributed by atoms with Crippen LogP contribution in [0.25, 0.3) is 78.6 Å². The molecule has 11 aromatic rings. The van der Waals surface area contributed by atoms with Crippen molar-refractivity contribution < 1.29 is 0 Å². The standard InChI is InChI=1S/C46H28N2S2/c1-2-14-31(15-3-1)48-38-19-8-6-16-33(38)34-18-10-21-40(46(34)48)47(39-20-11-23-43-45(39)35-17-7-9-22-41(35)49-43)32-24-25-42-37(28-32)36-26-29-12-4-5-13-30(29)27-44(36)50-42/h1-28H. The van der Waals surface area contributed by atoms with Gasteiger partial charge in [-0.2, -0.15) is 0 Å². The van der Waals surface area contributed by atoms with E-state index in [4.69, 9.17) is 0 Å². The summed E-state index contributed by atoms with van der Waals surface area (Å²) < 4.78 is 7.66. The van der Waals surface area contributed by atoms with Crippen molar-refractivity contribution >= 4 is 113 Å². The molecule has 3 aromatic heterocycles. The molecule has 3 heterocycles. The third-order valence-corrected chi connectivity index (χ3v) is 12.4. The van der Waals surface area contributed by atoms with Gasteiger partial charge in [0, 0.05) is 62.5 Å². The molecule has 50 heavy (non-hydrogen) atoms. The molecule has 0 radical (unpaired) electrons. The van der Waals surface area contributed by atoms with Crippen molar-refractivity contribution in [2.45, 2.75) is 0 Å². The molecule has 2 nitrogen and oxygen atoms in total. The summed E-state index contributed by atoms with van der Waals surface area (Å²) in [6, 6.07) is 62.5. The molecule has 0 aliphatic heterocycles. The van der Waals surface area contributed by atoms with Gasteiger partial charge in [-0.25, -0.2) is 0 Å². The summed E-state index contributed by atoms with van der Waals surface area (Å²) in [5, 5.41) is 10.2. The minimum atomic E-state index is 1.14. The van der Waals surface area contributed by atoms with Crippen molar-refractivity contribution in [1.82, 2.24) is 4.57 Å². The van der Waals surface area contributed by atoms with E-state index in [1.807, 2.05) is 22.7 Å². The molecule has 0 fully saturated rings. The highest BCUT2D eigenvalue weighted by Gasteiger charge is 2.24. The average Bonchev–Trinajstić information content (AvgIpc) is 3.84. The number of benzene rings is 8. The number of nitrogens with zero attached hydrogens (tertiary/aromatic N) is 2. The number of hydrogen-bond acceptors (Lipinski definition) is 3. The predicted molar refractivity (Wildman–Crippen MR) is 219 cm³/mol. The molecule has 234 valence electrons. The second kappa shape index (κ2) is 10.8. The van der Waals surface area contributed by atoms with E-state index < -0.39 is 0 Å². The quantitative estimate of drug-likeness (QED) is 0.181. The first-order chi connectivity index (χ1) is 24.8. The summed E-state index contributed by atoms with van der Waals surface area (Å²) >= 11 is 3.75. The molecule has 0 atom stereocenters. The lowest BCUT2D eigenvalue weighted by molar-refractivity contribution is 1.17. The zero-order valence-corrected chi connectivity index (χ0v) is 28.5. The molecule has 0 amide bonds. The highest BCUT2D eigenvalue weighted by atomic mass is 32.1. The molecular weight excluding hydrogens is 645 g/mol. The summed E-state index contributed by atoms with van der Waals surface area (Å²) in [7, 11) is 0. The van der Waals surface area contributed by atoms with Gasteiger partial charge in [0.05, 0.1) is 22.4 Å². The van der Waals surface area contributed by atoms with E-state index in [2.05, 4.69) is 179 Å². The minimum Gasteiger partial charge on any atom is -0.308 e. The van der Waals surface area contributed by atoms with Gasteiger partial charge in [-0.15, -0.1) is 22.7 Å². The number of anilines is 3. The number of fused-ring (bicyclic) bond motifs is 10. The van der Waals surface area contributed by atoms with Crippen LogP contribution in [0, 0.1) is 0 Å². The van der Waals surface area contributed by atoms with Gasteiger partial charge in [-0.3, -0.25) is 0 Å². The van der Waals surface area contributed by atoms with Crippen LogP contribution >= 0.6 is 22.7 Å². The van der Waals surface area contributed by atoms with E-state index in [0.29, 0.717) is 0 Å². The van der Waals surface area contributed by atoms with Crippen LogP contribution in [0.2, 0.25) is 0 Å². The molecule has 0 aliphatic carbocycles. The van der Waals surface area contributed by atoms with Gasteiger partial charge in [0.15, 0.2) is 0 Å². The Hall–Kier alpha value is -5.94. The lowest BCUT2D eigenvalue weighted by atomic mass is 10.0. The van der Waals surface area contributed by atoms with Gasteiger partial charge in [0.2, 0.25) is 0 Å². The largest absolute Gasteiger partial charge is 0.308 e. The summed E-state index contributed by atoms with van der Waals surface area (Å²) in [4.78, 5) is 2.52. The zero-order valence-electron chi connectivity index (χ0n) is 26.9. The molecule has 11 rings (SSSR count). The Kier molecular flexibility index (Phi) is 6.03. The normalized spacial score (nSPS) is 12.0. The Morgan fingerprint density at radius 2 is 1.04 bits per heavy atom. The SMILES string of the molecule is c1ccc(-n2c3ccccc3c3cccc(N(c4ccc5sc6cc7ccccc7cc6c5c4)c4cccc5sc6ccccc6c45)c32)cc1. The van der Waals surface area contributed by atoms with Crippen molar-refractivity contribution in [3.05, 3.63) is 170 Å². The van der Waals surface area contributed by atoms with Gasteiger partial charge in [-0.05, 0) is 83.6 Å². The van der Waals surface area contributed by atoms with Gasteiger partial charge in [0.1, 0.15) is 0 Å². The van der Waals surface area contributed by atoms with Crippen molar-refractivity contribution in [2.24, 2.45) is 0 Å². The molecule has 8 aromatic carbocycles. The van der Waals surface area contributed by atoms with Crippen LogP contribution in [-0.2, 0) is 0 Å². The van der Waals surface area contributed by atoms with Gasteiger partial charge < -0.3 is 9.47 Å². The van der Waals surface area contributed by atoms with E-state index in [1.54, 1.807) is 0 Å². The molecule has 0 saturated heterocycles. The maximum atomic E-state index is 2.52. The minimum absolute atomic E-state index is 1.14. The molecular formula is C46H28N2S2. The van der Waals surface area contributed by atoms with E-state index in [1.165, 1.54) is 78.6 Å². The highest BCUT2D eigenvalue weighted by Crippen LogP contribution is 2.49. The van der Waals surface area contributed by atoms with Gasteiger partial charge >= 0.3 is 0 Å². The number of hydrogen-bond donors (Lipinski definition) is 0. The van der Waals surface area contributed by atoms with E-state index in [0.717, 1.165) is 17.1 Å². The van der Waals surface area contributed by atoms with Crippen molar-refractivity contribution in [1.29, 1.82) is 0 Å². The van der Waals surface area contributed by atoms with E-state index >= 15 is 0 Å². The summed E-state index contributed by atoms with van der Waals surface area (Å²) in [6.07, 6.45) is 0. The maximum absolute atomic E-state index is 2.52. The number of para-hydroxylation sites is 3. The molecule has 0 spiro atoms. The summed E-state index contributed by atoms with van der Waals surface area (Å²) in [5.41, 5.74) is 7.02. The second-order valence-electron chi connectivity index (χ2n) is 12.9. The third-order valence-electron chi connectivity index (χ3n) is 10.1. The summed E-state index contributed by atoms with van der Waals surface area (Å²) in [6.45, 7) is 0. The lowest BCUT2D eigenvalue weighted by Crippen LogP contribution is -2.12. The van der Waals surface area contributed by atoms with E-state index in [-0.39, 0.29) is 0 Å². The van der Waals surface area contributed by atoms with Crippen LogP contribution < -0.4 is 4.90 Å². The molecule has 0 aliphatic rings. The topological polar surface area (TPSA) is 8.17 Å². The molecule has 4 heteroatoms. The zero-order chi connectivity index (χ0) is 32.8. The van der Waals surface area contributed by atoms with Crippen LogP contribution in [0.1, 0.15) is 0 Å². The van der Waals surface area contributed by atoms with Crippen molar-refractivity contribution in [2.75, 3.05) is 4.90 Å². The first-order valence-corrected chi connectivity index (χ1v) is 18.6. The molecule has 0 saturated carbocycles. The molecule has 0 unspecified atom stereocenters. The predicted octanol–water partition coefficient (Wildman–Crippen LogP) is 14.1. The number of aromatic nitrogens is 1. The Balaban J connectivity index is 1.28. The van der Waals surface area contributed by atoms with Crippen LogP contribution in [0.4, 0.5) is 17.1 Å². The Morgan fingerprint density at radius 1 is 0.400 bits per heavy atom. The van der Waals surface area contributed by atoms with Crippen LogP contribution in [0.15, 0.2) is 170 Å².